The first kappa shape index (κ1) is 14.3. The summed E-state index contributed by atoms with van der Waals surface area (Å²) in [6, 6.07) is 1.43. The van der Waals surface area contributed by atoms with Crippen LogP contribution in [0.15, 0.2) is 22.4 Å². The van der Waals surface area contributed by atoms with Crippen LogP contribution >= 0.6 is 11.8 Å². The minimum atomic E-state index is -1.08. The maximum absolute atomic E-state index is 11.0. The largest absolute Gasteiger partial charge is 0.478 e. The fourth-order valence-corrected chi connectivity index (χ4v) is 2.40. The van der Waals surface area contributed by atoms with Gasteiger partial charge in [0, 0.05) is 11.4 Å². The molecule has 0 aliphatic heterocycles. The van der Waals surface area contributed by atoms with Crippen LogP contribution in [0.3, 0.4) is 0 Å². The molecule has 0 atom stereocenters. The number of nitrogens with two attached hydrogens (primary N) is 1. The van der Waals surface area contributed by atoms with Crippen LogP contribution in [0.1, 0.15) is 27.3 Å². The highest BCUT2D eigenvalue weighted by molar-refractivity contribution is 7.99. The maximum Gasteiger partial charge on any atom is 0.337 e. The third-order valence-electron chi connectivity index (χ3n) is 2.95. The first-order chi connectivity index (χ1) is 9.38. The molecule has 0 aliphatic rings. The fraction of sp³-hybridized carbons (Fsp3) is 0.231. The molecule has 20 heavy (non-hydrogen) atoms. The summed E-state index contributed by atoms with van der Waals surface area (Å²) in [6.07, 6.45) is 1.33. The Labute approximate surface area is 120 Å². The monoisotopic (exact) mass is 290 g/mol. The molecule has 3 N–H and O–H groups in total. The highest BCUT2D eigenvalue weighted by Crippen LogP contribution is 2.26. The Morgan fingerprint density at radius 1 is 1.25 bits per heavy atom. The van der Waals surface area contributed by atoms with Crippen molar-refractivity contribution in [3.8, 4) is 0 Å². The molecule has 2 rings (SSSR count). The topological polar surface area (TPSA) is 102 Å². The predicted molar refractivity (Wildman–Crippen MR) is 76.0 cm³/mol. The van der Waals surface area contributed by atoms with E-state index in [-0.39, 0.29) is 11.3 Å². The molecule has 0 saturated carbocycles. The number of carbonyl (C=O) groups is 1. The normalized spacial score (nSPS) is 10.6. The number of nitrogens with zero attached hydrogens (tertiary/aromatic N) is 3. The molecule has 7 heteroatoms. The summed E-state index contributed by atoms with van der Waals surface area (Å²) in [6.45, 7) is 5.78. The molecule has 2 heterocycles. The maximum atomic E-state index is 11.0. The van der Waals surface area contributed by atoms with Crippen LogP contribution in [0.5, 0.6) is 0 Å². The van der Waals surface area contributed by atoms with Gasteiger partial charge < -0.3 is 10.8 Å². The lowest BCUT2D eigenvalue weighted by molar-refractivity contribution is 0.0697. The molecule has 0 aromatic carbocycles. The lowest BCUT2D eigenvalue weighted by atomic mass is 10.2. The van der Waals surface area contributed by atoms with Crippen molar-refractivity contribution < 1.29 is 9.90 Å². The van der Waals surface area contributed by atoms with E-state index in [9.17, 15) is 4.79 Å². The average molecular weight is 290 g/mol. The quantitative estimate of drug-likeness (QED) is 0.835. The highest BCUT2D eigenvalue weighted by atomic mass is 32.2. The van der Waals surface area contributed by atoms with Gasteiger partial charge >= 0.3 is 5.97 Å². The summed E-state index contributed by atoms with van der Waals surface area (Å²) in [5.74, 6) is -1.08. The lowest BCUT2D eigenvalue weighted by Gasteiger charge is -2.07. The molecule has 0 unspecified atom stereocenters. The van der Waals surface area contributed by atoms with E-state index < -0.39 is 5.97 Å². The zero-order valence-electron chi connectivity index (χ0n) is 11.3. The van der Waals surface area contributed by atoms with Gasteiger partial charge in [-0.15, -0.1) is 0 Å². The Balaban J connectivity index is 2.35. The minimum Gasteiger partial charge on any atom is -0.478 e. The van der Waals surface area contributed by atoms with Gasteiger partial charge in [0.05, 0.1) is 17.4 Å². The second-order valence-electron chi connectivity index (χ2n) is 4.32. The molecule has 0 radical (unpaired) electrons. The molecule has 104 valence electrons. The zero-order chi connectivity index (χ0) is 14.9. The van der Waals surface area contributed by atoms with Gasteiger partial charge in [-0.2, -0.15) is 0 Å². The summed E-state index contributed by atoms with van der Waals surface area (Å²) < 4.78 is 0. The van der Waals surface area contributed by atoms with Crippen LogP contribution < -0.4 is 5.73 Å². The number of aryl methyl sites for hydroxylation is 2. The van der Waals surface area contributed by atoms with E-state index in [2.05, 4.69) is 15.0 Å². The number of carboxylic acids is 1. The van der Waals surface area contributed by atoms with Gasteiger partial charge in [-0.05, 0) is 44.2 Å². The van der Waals surface area contributed by atoms with Gasteiger partial charge in [-0.3, -0.25) is 0 Å². The van der Waals surface area contributed by atoms with Gasteiger partial charge in [0.1, 0.15) is 5.03 Å². The second kappa shape index (κ2) is 5.46. The third kappa shape index (κ3) is 2.88. The summed E-state index contributed by atoms with van der Waals surface area (Å²) in [4.78, 5) is 23.8. The molecule has 6 nitrogen and oxygen atoms in total. The van der Waals surface area contributed by atoms with Crippen LogP contribution in [0.25, 0.3) is 0 Å². The summed E-state index contributed by atoms with van der Waals surface area (Å²) >= 11 is 1.21. The van der Waals surface area contributed by atoms with Crippen molar-refractivity contribution in [1.82, 2.24) is 15.0 Å². The molecular formula is C13H14N4O2S. The average Bonchev–Trinajstić information content (AvgIpc) is 2.38. The predicted octanol–water partition coefficient (Wildman–Crippen LogP) is 2.23. The Hall–Kier alpha value is -2.15. The molecule has 0 spiro atoms. The SMILES string of the molecule is Cc1nc(Sc2cc(C(=O)O)c(N)cn2)nc(C)c1C. The first-order valence-corrected chi connectivity index (χ1v) is 6.68. The van der Waals surface area contributed by atoms with Crippen LogP contribution in [0.4, 0.5) is 5.69 Å². The number of nitrogen functional groups attached to an aromatic ring is 1. The van der Waals surface area contributed by atoms with E-state index >= 15 is 0 Å². The standard InChI is InChI=1S/C13H14N4O2S/c1-6-7(2)16-13(17-8(6)3)20-11-4-9(12(18)19)10(14)5-15-11/h4-5H,14H2,1-3H3,(H,18,19). The van der Waals surface area contributed by atoms with E-state index in [0.717, 1.165) is 17.0 Å². The second-order valence-corrected chi connectivity index (χ2v) is 5.31. The number of hydrogen-bond acceptors (Lipinski definition) is 6. The molecule has 0 bridgehead atoms. The number of hydrogen-bond donors (Lipinski definition) is 2. The Morgan fingerprint density at radius 3 is 2.40 bits per heavy atom. The van der Waals surface area contributed by atoms with Crippen LogP contribution in [-0.2, 0) is 0 Å². The molecule has 2 aromatic heterocycles. The summed E-state index contributed by atoms with van der Waals surface area (Å²) in [7, 11) is 0. The number of anilines is 1. The van der Waals surface area contributed by atoms with Crippen molar-refractivity contribution in [2.45, 2.75) is 31.0 Å². The van der Waals surface area contributed by atoms with E-state index in [1.165, 1.54) is 24.0 Å². The molecule has 0 fully saturated rings. The van der Waals surface area contributed by atoms with Crippen molar-refractivity contribution in [2.75, 3.05) is 5.73 Å². The van der Waals surface area contributed by atoms with Crippen LogP contribution in [0.2, 0.25) is 0 Å². The molecule has 2 aromatic rings. The van der Waals surface area contributed by atoms with Crippen molar-refractivity contribution in [3.05, 3.63) is 34.8 Å². The molecule has 0 amide bonds. The Morgan fingerprint density at radius 2 is 1.85 bits per heavy atom. The molecule has 0 saturated heterocycles. The summed E-state index contributed by atoms with van der Waals surface area (Å²) in [5, 5.41) is 10.1. The number of rotatable bonds is 3. The highest BCUT2D eigenvalue weighted by Gasteiger charge is 2.12. The van der Waals surface area contributed by atoms with Crippen molar-refractivity contribution in [2.24, 2.45) is 0 Å². The Kier molecular flexibility index (Phi) is 3.89. The van der Waals surface area contributed by atoms with E-state index in [4.69, 9.17) is 10.8 Å². The molecule has 0 aliphatic carbocycles. The molecular weight excluding hydrogens is 276 g/mol. The van der Waals surface area contributed by atoms with Gasteiger partial charge in [0.15, 0.2) is 5.16 Å². The van der Waals surface area contributed by atoms with Crippen LogP contribution in [-0.4, -0.2) is 26.0 Å². The van der Waals surface area contributed by atoms with Crippen LogP contribution in [0, 0.1) is 20.8 Å². The van der Waals surface area contributed by atoms with Gasteiger partial charge in [-0.1, -0.05) is 0 Å². The van der Waals surface area contributed by atoms with E-state index in [0.29, 0.717) is 10.2 Å². The number of aromatic nitrogens is 3. The fourth-order valence-electron chi connectivity index (χ4n) is 1.57. The summed E-state index contributed by atoms with van der Waals surface area (Å²) in [5.41, 5.74) is 8.58. The van der Waals surface area contributed by atoms with Gasteiger partial charge in [-0.25, -0.2) is 19.7 Å². The zero-order valence-corrected chi connectivity index (χ0v) is 12.2. The van der Waals surface area contributed by atoms with E-state index in [1.54, 1.807) is 0 Å². The van der Waals surface area contributed by atoms with Crippen molar-refractivity contribution in [1.29, 1.82) is 0 Å². The number of pyridine rings is 1. The first-order valence-electron chi connectivity index (χ1n) is 5.87. The smallest absolute Gasteiger partial charge is 0.337 e. The van der Waals surface area contributed by atoms with Crippen molar-refractivity contribution >= 4 is 23.4 Å². The minimum absolute atomic E-state index is 0.0306. The van der Waals surface area contributed by atoms with Crippen molar-refractivity contribution in [3.63, 3.8) is 0 Å². The lowest BCUT2D eigenvalue weighted by Crippen LogP contribution is -2.04. The third-order valence-corrected chi connectivity index (χ3v) is 3.75. The van der Waals surface area contributed by atoms with Gasteiger partial charge in [0.25, 0.3) is 0 Å². The number of aromatic carboxylic acids is 1. The van der Waals surface area contributed by atoms with Gasteiger partial charge in [0.2, 0.25) is 0 Å². The number of carboxylic acid groups (broad SMARTS) is 1. The van der Waals surface area contributed by atoms with E-state index in [1.807, 2.05) is 20.8 Å². The Bertz CT molecular complexity index is 665.